The minimum atomic E-state index is -1.05. The monoisotopic (exact) mass is 610 g/mol. The number of morpholine rings is 1. The molecule has 0 spiro atoms. The fourth-order valence-electron chi connectivity index (χ4n) is 6.14. The fraction of sp³-hybridized carbons (Fsp3) is 0.273. The maximum atomic E-state index is 14.4. The number of aromatic nitrogens is 3. The summed E-state index contributed by atoms with van der Waals surface area (Å²) in [4.78, 5) is 39.5. The quantitative estimate of drug-likeness (QED) is 0.282. The SMILES string of the molecule is O=C(Nc1cncc2ccccc12)C1(CNCc2c(N3CCOCC3)nc3ccccn3c2=O)CCOc2ccc(Cl)cc21. The predicted octanol–water partition coefficient (Wildman–Crippen LogP) is 4.18. The summed E-state index contributed by atoms with van der Waals surface area (Å²) in [7, 11) is 0. The number of rotatable bonds is 7. The second-order valence-electron chi connectivity index (χ2n) is 11.0. The molecule has 11 heteroatoms. The van der Waals surface area contributed by atoms with Crippen LogP contribution in [0.3, 0.4) is 0 Å². The third-order valence-electron chi connectivity index (χ3n) is 8.44. The number of carbonyl (C=O) groups excluding carboxylic acids is 1. The Morgan fingerprint density at radius 3 is 2.75 bits per heavy atom. The number of carbonyl (C=O) groups is 1. The number of hydrogen-bond acceptors (Lipinski definition) is 8. The molecule has 5 heterocycles. The summed E-state index contributed by atoms with van der Waals surface area (Å²) < 4.78 is 13.1. The molecule has 0 aliphatic carbocycles. The zero-order valence-corrected chi connectivity index (χ0v) is 24.7. The summed E-state index contributed by atoms with van der Waals surface area (Å²) in [5.74, 6) is 1.03. The van der Waals surface area contributed by atoms with Crippen molar-refractivity contribution in [3.8, 4) is 5.75 Å². The van der Waals surface area contributed by atoms with E-state index < -0.39 is 5.41 Å². The first-order chi connectivity index (χ1) is 21.5. The third-order valence-corrected chi connectivity index (χ3v) is 8.67. The molecule has 0 radical (unpaired) electrons. The van der Waals surface area contributed by atoms with Crippen molar-refractivity contribution in [2.45, 2.75) is 18.4 Å². The second kappa shape index (κ2) is 11.9. The van der Waals surface area contributed by atoms with Gasteiger partial charge in [0.05, 0.1) is 42.7 Å². The van der Waals surface area contributed by atoms with E-state index in [1.165, 1.54) is 0 Å². The van der Waals surface area contributed by atoms with Gasteiger partial charge in [0.15, 0.2) is 0 Å². The first-order valence-electron chi connectivity index (χ1n) is 14.6. The number of nitrogens with one attached hydrogen (secondary N) is 2. The van der Waals surface area contributed by atoms with Crippen molar-refractivity contribution in [1.29, 1.82) is 0 Å². The van der Waals surface area contributed by atoms with Gasteiger partial charge in [0.2, 0.25) is 5.91 Å². The third kappa shape index (κ3) is 5.15. The number of fused-ring (bicyclic) bond motifs is 3. The van der Waals surface area contributed by atoms with Crippen LogP contribution in [0.15, 0.2) is 84.0 Å². The molecule has 224 valence electrons. The molecule has 1 unspecified atom stereocenters. The molecule has 1 saturated heterocycles. The number of pyridine rings is 2. The molecule has 1 amide bonds. The summed E-state index contributed by atoms with van der Waals surface area (Å²) in [6, 6.07) is 18.6. The first-order valence-corrected chi connectivity index (χ1v) is 15.0. The van der Waals surface area contributed by atoms with Crippen LogP contribution in [0.4, 0.5) is 11.5 Å². The van der Waals surface area contributed by atoms with Crippen molar-refractivity contribution in [3.05, 3.63) is 106 Å². The number of amides is 1. The molecule has 2 aliphatic rings. The lowest BCUT2D eigenvalue weighted by molar-refractivity contribution is -0.122. The molecule has 10 nitrogen and oxygen atoms in total. The summed E-state index contributed by atoms with van der Waals surface area (Å²) in [6.45, 7) is 3.18. The number of halogens is 1. The largest absolute Gasteiger partial charge is 0.493 e. The van der Waals surface area contributed by atoms with Crippen molar-refractivity contribution >= 4 is 45.4 Å². The smallest absolute Gasteiger partial charge is 0.264 e. The van der Waals surface area contributed by atoms with Gasteiger partial charge in [-0.05, 0) is 30.3 Å². The average Bonchev–Trinajstić information content (AvgIpc) is 3.06. The van der Waals surface area contributed by atoms with Crippen molar-refractivity contribution in [3.63, 3.8) is 0 Å². The van der Waals surface area contributed by atoms with E-state index in [0.717, 1.165) is 10.8 Å². The summed E-state index contributed by atoms with van der Waals surface area (Å²) in [5.41, 5.74) is 1.22. The molecular weight excluding hydrogens is 580 g/mol. The van der Waals surface area contributed by atoms with Crippen molar-refractivity contribution < 1.29 is 14.3 Å². The van der Waals surface area contributed by atoms with Gasteiger partial charge < -0.3 is 25.0 Å². The molecular formula is C33H31ClN6O4. The maximum Gasteiger partial charge on any atom is 0.264 e. The highest BCUT2D eigenvalue weighted by Crippen LogP contribution is 2.41. The Hall–Kier alpha value is -4.51. The van der Waals surface area contributed by atoms with E-state index >= 15 is 0 Å². The maximum absolute atomic E-state index is 14.4. The van der Waals surface area contributed by atoms with E-state index in [1.807, 2.05) is 42.5 Å². The highest BCUT2D eigenvalue weighted by Gasteiger charge is 2.45. The van der Waals surface area contributed by atoms with Gasteiger partial charge in [-0.3, -0.25) is 19.0 Å². The standard InChI is InChI=1S/C33H31ClN6O4/c34-23-8-9-28-26(17-23)33(10-14-44-28,32(42)37-27-20-35-18-22-5-1-2-6-24(22)27)21-36-19-25-30(39-12-15-43-16-13-39)38-29-7-3-4-11-40(29)31(25)41/h1-9,11,17-18,20,36H,10,12-16,19,21H2,(H,37,42). The van der Waals surface area contributed by atoms with E-state index in [2.05, 4.69) is 20.5 Å². The number of anilines is 2. The van der Waals surface area contributed by atoms with Crippen molar-refractivity contribution in [2.75, 3.05) is 49.7 Å². The van der Waals surface area contributed by atoms with E-state index in [-0.39, 0.29) is 24.6 Å². The molecule has 44 heavy (non-hydrogen) atoms. The average molecular weight is 611 g/mol. The van der Waals surface area contributed by atoms with Crippen LogP contribution in [0.5, 0.6) is 5.75 Å². The molecule has 3 aromatic heterocycles. The van der Waals surface area contributed by atoms with Gasteiger partial charge in [0.1, 0.15) is 17.2 Å². The summed E-state index contributed by atoms with van der Waals surface area (Å²) in [5, 5.41) is 8.96. The van der Waals surface area contributed by atoms with Crippen LogP contribution in [0.25, 0.3) is 16.4 Å². The van der Waals surface area contributed by atoms with Crippen LogP contribution >= 0.6 is 11.6 Å². The Balaban J connectivity index is 1.25. The molecule has 0 saturated carbocycles. The molecule has 7 rings (SSSR count). The lowest BCUT2D eigenvalue weighted by Gasteiger charge is -2.38. The van der Waals surface area contributed by atoms with Gasteiger partial charge in [0, 0.05) is 66.4 Å². The van der Waals surface area contributed by atoms with Gasteiger partial charge in [-0.15, -0.1) is 0 Å². The van der Waals surface area contributed by atoms with Crippen LogP contribution in [-0.2, 0) is 21.5 Å². The zero-order valence-electron chi connectivity index (χ0n) is 24.0. The van der Waals surface area contributed by atoms with E-state index in [4.69, 9.17) is 26.1 Å². The minimum Gasteiger partial charge on any atom is -0.493 e. The van der Waals surface area contributed by atoms with Gasteiger partial charge in [-0.1, -0.05) is 41.9 Å². The minimum absolute atomic E-state index is 0.152. The molecule has 2 N–H and O–H groups in total. The number of hydrogen-bond donors (Lipinski definition) is 2. The van der Waals surface area contributed by atoms with Crippen LogP contribution in [0.2, 0.25) is 5.02 Å². The Morgan fingerprint density at radius 2 is 1.86 bits per heavy atom. The topological polar surface area (TPSA) is 110 Å². The van der Waals surface area contributed by atoms with Crippen LogP contribution in [0.1, 0.15) is 17.5 Å². The Morgan fingerprint density at radius 1 is 1.02 bits per heavy atom. The highest BCUT2D eigenvalue weighted by molar-refractivity contribution is 6.30. The lowest BCUT2D eigenvalue weighted by Crippen LogP contribution is -2.51. The summed E-state index contributed by atoms with van der Waals surface area (Å²) in [6.07, 6.45) is 5.56. The predicted molar refractivity (Wildman–Crippen MR) is 170 cm³/mol. The highest BCUT2D eigenvalue weighted by atomic mass is 35.5. The van der Waals surface area contributed by atoms with Crippen LogP contribution in [0, 0.1) is 0 Å². The van der Waals surface area contributed by atoms with Gasteiger partial charge in [0.25, 0.3) is 5.56 Å². The van der Waals surface area contributed by atoms with Gasteiger partial charge in [-0.2, -0.15) is 0 Å². The van der Waals surface area contributed by atoms with Crippen LogP contribution < -0.4 is 25.8 Å². The Bertz CT molecular complexity index is 1920. The molecule has 2 aliphatic heterocycles. The Labute approximate surface area is 258 Å². The molecule has 1 atom stereocenters. The first kappa shape index (κ1) is 28.3. The normalized spacial score (nSPS) is 18.2. The molecule has 0 bridgehead atoms. The number of benzene rings is 2. The van der Waals surface area contributed by atoms with Crippen LogP contribution in [-0.4, -0.2) is 59.7 Å². The van der Waals surface area contributed by atoms with Crippen molar-refractivity contribution in [2.24, 2.45) is 0 Å². The van der Waals surface area contributed by atoms with E-state index in [1.54, 1.807) is 41.2 Å². The summed E-state index contributed by atoms with van der Waals surface area (Å²) >= 11 is 6.47. The second-order valence-corrected chi connectivity index (χ2v) is 11.5. The van der Waals surface area contributed by atoms with Gasteiger partial charge in [-0.25, -0.2) is 4.98 Å². The number of ether oxygens (including phenoxy) is 2. The molecule has 1 fully saturated rings. The lowest BCUT2D eigenvalue weighted by atomic mass is 9.74. The molecule has 2 aromatic carbocycles. The van der Waals surface area contributed by atoms with Crippen molar-refractivity contribution in [1.82, 2.24) is 19.7 Å². The fourth-order valence-corrected chi connectivity index (χ4v) is 6.31. The van der Waals surface area contributed by atoms with E-state index in [0.29, 0.717) is 78.4 Å². The van der Waals surface area contributed by atoms with Gasteiger partial charge >= 0.3 is 0 Å². The molecule has 5 aromatic rings. The Kier molecular flexibility index (Phi) is 7.63. The zero-order chi connectivity index (χ0) is 30.1. The van der Waals surface area contributed by atoms with E-state index in [9.17, 15) is 9.59 Å². The number of nitrogens with zero attached hydrogens (tertiary/aromatic N) is 4.